The Hall–Kier alpha value is -0.830. The van der Waals surface area contributed by atoms with Crippen LogP contribution in [0.3, 0.4) is 0 Å². The summed E-state index contributed by atoms with van der Waals surface area (Å²) in [5.74, 6) is 0.688. The molecular weight excluding hydrogens is 234 g/mol. The lowest BCUT2D eigenvalue weighted by atomic mass is 9.99. The molecule has 2 atom stereocenters. The first-order valence-electron chi connectivity index (χ1n) is 7.80. The molecule has 0 aromatic carbocycles. The summed E-state index contributed by atoms with van der Waals surface area (Å²) in [5.41, 5.74) is 4.05. The first-order valence-corrected chi connectivity index (χ1v) is 7.80. The quantitative estimate of drug-likeness (QED) is 0.817. The third-order valence-corrected chi connectivity index (χ3v) is 4.37. The molecule has 1 heterocycles. The fourth-order valence-electron chi connectivity index (χ4n) is 2.67. The van der Waals surface area contributed by atoms with Crippen LogP contribution in [-0.4, -0.2) is 22.4 Å². The number of aryl methyl sites for hydroxylation is 1. The second-order valence-corrected chi connectivity index (χ2v) is 6.34. The molecule has 0 radical (unpaired) electrons. The van der Waals surface area contributed by atoms with Gasteiger partial charge in [-0.25, -0.2) is 0 Å². The van der Waals surface area contributed by atoms with E-state index in [0.717, 1.165) is 25.4 Å². The predicted octanol–water partition coefficient (Wildman–Crippen LogP) is 3.40. The van der Waals surface area contributed by atoms with Crippen molar-refractivity contribution in [2.45, 2.75) is 72.4 Å². The Balaban J connectivity index is 2.00. The van der Waals surface area contributed by atoms with Crippen molar-refractivity contribution in [2.24, 2.45) is 5.92 Å². The minimum Gasteiger partial charge on any atom is -0.314 e. The van der Waals surface area contributed by atoms with Gasteiger partial charge in [0.2, 0.25) is 0 Å². The van der Waals surface area contributed by atoms with E-state index in [-0.39, 0.29) is 0 Å². The third-order valence-electron chi connectivity index (χ3n) is 4.37. The van der Waals surface area contributed by atoms with Gasteiger partial charge >= 0.3 is 0 Å². The van der Waals surface area contributed by atoms with Crippen molar-refractivity contribution in [3.05, 3.63) is 17.0 Å². The summed E-state index contributed by atoms with van der Waals surface area (Å²) in [6.07, 6.45) is 5.03. The maximum absolute atomic E-state index is 4.74. The van der Waals surface area contributed by atoms with Crippen molar-refractivity contribution in [3.63, 3.8) is 0 Å². The summed E-state index contributed by atoms with van der Waals surface area (Å²) < 4.78 is 2.21. The first-order chi connectivity index (χ1) is 9.02. The zero-order valence-electron chi connectivity index (χ0n) is 13.2. The predicted molar refractivity (Wildman–Crippen MR) is 80.6 cm³/mol. The van der Waals surface area contributed by atoms with E-state index in [9.17, 15) is 0 Å². The number of hydrogen-bond donors (Lipinski definition) is 1. The maximum atomic E-state index is 4.74. The van der Waals surface area contributed by atoms with Gasteiger partial charge in [-0.15, -0.1) is 0 Å². The van der Waals surface area contributed by atoms with E-state index in [2.05, 4.69) is 44.6 Å². The Labute approximate surface area is 117 Å². The maximum Gasteiger partial charge on any atom is 0.0628 e. The second kappa shape index (κ2) is 6.08. The lowest BCUT2D eigenvalue weighted by Gasteiger charge is -2.14. The molecule has 2 rings (SSSR count). The summed E-state index contributed by atoms with van der Waals surface area (Å²) in [7, 11) is 0. The van der Waals surface area contributed by atoms with Gasteiger partial charge in [0.15, 0.2) is 0 Å². The van der Waals surface area contributed by atoms with Crippen LogP contribution in [0.25, 0.3) is 0 Å². The molecule has 3 nitrogen and oxygen atoms in total. The van der Waals surface area contributed by atoms with Crippen LogP contribution in [0.1, 0.15) is 63.0 Å². The van der Waals surface area contributed by atoms with Crippen LogP contribution in [0.4, 0.5) is 0 Å². The van der Waals surface area contributed by atoms with Crippen molar-refractivity contribution in [1.82, 2.24) is 15.1 Å². The van der Waals surface area contributed by atoms with Gasteiger partial charge in [0.25, 0.3) is 0 Å². The highest BCUT2D eigenvalue weighted by Gasteiger charge is 2.22. The Morgan fingerprint density at radius 1 is 1.32 bits per heavy atom. The van der Waals surface area contributed by atoms with Gasteiger partial charge < -0.3 is 5.32 Å². The molecule has 1 fully saturated rings. The zero-order valence-corrected chi connectivity index (χ0v) is 13.2. The minimum absolute atomic E-state index is 0.507. The Morgan fingerprint density at radius 2 is 2.00 bits per heavy atom. The van der Waals surface area contributed by atoms with Crippen LogP contribution in [-0.2, 0) is 6.42 Å². The fourth-order valence-corrected chi connectivity index (χ4v) is 2.67. The molecule has 0 amide bonds. The average molecular weight is 263 g/mol. The van der Waals surface area contributed by atoms with Gasteiger partial charge in [0, 0.05) is 17.8 Å². The molecule has 1 N–H and O–H groups in total. The molecule has 1 aromatic heterocycles. The largest absolute Gasteiger partial charge is 0.314 e. The van der Waals surface area contributed by atoms with Gasteiger partial charge in [0.05, 0.1) is 5.69 Å². The molecule has 2 unspecified atom stereocenters. The van der Waals surface area contributed by atoms with E-state index >= 15 is 0 Å². The van der Waals surface area contributed by atoms with Gasteiger partial charge in [-0.1, -0.05) is 13.8 Å². The lowest BCUT2D eigenvalue weighted by molar-refractivity contribution is 0.463. The highest BCUT2D eigenvalue weighted by atomic mass is 15.3. The molecule has 1 aromatic rings. The molecular formula is C16H29N3. The molecule has 19 heavy (non-hydrogen) atoms. The lowest BCUT2D eigenvalue weighted by Crippen LogP contribution is -2.24. The SMILES string of the molecule is CCC(C)n1nc(C)c(CC(C)CNC2CC2)c1C. The number of nitrogens with one attached hydrogen (secondary N) is 1. The van der Waals surface area contributed by atoms with Crippen LogP contribution in [0.2, 0.25) is 0 Å². The van der Waals surface area contributed by atoms with Crippen molar-refractivity contribution < 1.29 is 0 Å². The monoisotopic (exact) mass is 263 g/mol. The van der Waals surface area contributed by atoms with Gasteiger partial charge in [-0.2, -0.15) is 5.10 Å². The molecule has 3 heteroatoms. The Morgan fingerprint density at radius 3 is 2.58 bits per heavy atom. The van der Waals surface area contributed by atoms with Crippen molar-refractivity contribution in [3.8, 4) is 0 Å². The van der Waals surface area contributed by atoms with Gasteiger partial charge in [0.1, 0.15) is 0 Å². The fraction of sp³-hybridized carbons (Fsp3) is 0.812. The smallest absolute Gasteiger partial charge is 0.0628 e. The van der Waals surface area contributed by atoms with E-state index in [4.69, 9.17) is 5.10 Å². The summed E-state index contributed by atoms with van der Waals surface area (Å²) >= 11 is 0. The molecule has 1 saturated carbocycles. The number of aromatic nitrogens is 2. The molecule has 0 aliphatic heterocycles. The molecule has 0 spiro atoms. The Bertz CT molecular complexity index is 418. The number of hydrogen-bond acceptors (Lipinski definition) is 2. The second-order valence-electron chi connectivity index (χ2n) is 6.34. The van der Waals surface area contributed by atoms with E-state index in [0.29, 0.717) is 12.0 Å². The van der Waals surface area contributed by atoms with E-state index < -0.39 is 0 Å². The highest BCUT2D eigenvalue weighted by molar-refractivity contribution is 5.25. The van der Waals surface area contributed by atoms with Crippen molar-refractivity contribution in [1.29, 1.82) is 0 Å². The van der Waals surface area contributed by atoms with Crippen LogP contribution < -0.4 is 5.32 Å². The summed E-state index contributed by atoms with van der Waals surface area (Å²) in [4.78, 5) is 0. The summed E-state index contributed by atoms with van der Waals surface area (Å²) in [6, 6.07) is 1.32. The highest BCUT2D eigenvalue weighted by Crippen LogP contribution is 2.23. The molecule has 0 bridgehead atoms. The average Bonchev–Trinajstić information content (AvgIpc) is 3.17. The van der Waals surface area contributed by atoms with Crippen LogP contribution in [0, 0.1) is 19.8 Å². The van der Waals surface area contributed by atoms with Crippen molar-refractivity contribution >= 4 is 0 Å². The van der Waals surface area contributed by atoms with E-state index in [1.165, 1.54) is 29.8 Å². The van der Waals surface area contributed by atoms with Crippen LogP contribution in [0.15, 0.2) is 0 Å². The van der Waals surface area contributed by atoms with Gasteiger partial charge in [-0.05, 0) is 64.5 Å². The zero-order chi connectivity index (χ0) is 14.0. The molecule has 1 aliphatic carbocycles. The van der Waals surface area contributed by atoms with Crippen molar-refractivity contribution in [2.75, 3.05) is 6.54 Å². The van der Waals surface area contributed by atoms with Crippen LogP contribution in [0.5, 0.6) is 0 Å². The standard InChI is InChI=1S/C16H29N3/c1-6-12(3)19-14(5)16(13(4)18-19)9-11(2)10-17-15-7-8-15/h11-12,15,17H,6-10H2,1-5H3. The van der Waals surface area contributed by atoms with Gasteiger partial charge in [-0.3, -0.25) is 4.68 Å². The molecule has 108 valence electrons. The topological polar surface area (TPSA) is 29.9 Å². The summed E-state index contributed by atoms with van der Waals surface area (Å²) in [5, 5.41) is 8.37. The minimum atomic E-state index is 0.507. The molecule has 1 aliphatic rings. The first kappa shape index (κ1) is 14.6. The third kappa shape index (κ3) is 3.59. The number of rotatable bonds is 7. The van der Waals surface area contributed by atoms with E-state index in [1.54, 1.807) is 0 Å². The number of nitrogens with zero attached hydrogens (tertiary/aromatic N) is 2. The Kier molecular flexibility index (Phi) is 4.67. The van der Waals surface area contributed by atoms with E-state index in [1.807, 2.05) is 0 Å². The molecule has 0 saturated heterocycles. The van der Waals surface area contributed by atoms with Crippen LogP contribution >= 0.6 is 0 Å². The summed E-state index contributed by atoms with van der Waals surface area (Å²) in [6.45, 7) is 12.3. The normalized spacial score (nSPS) is 18.6.